The van der Waals surface area contributed by atoms with Gasteiger partial charge >= 0.3 is 5.97 Å². The Bertz CT molecular complexity index is 528. The third kappa shape index (κ3) is 2.98. The molecule has 1 saturated carbocycles. The Morgan fingerprint density at radius 1 is 1.25 bits per heavy atom. The number of carbonyl (C=O) groups excluding carboxylic acids is 1. The number of halogens is 1. The van der Waals surface area contributed by atoms with Crippen molar-refractivity contribution in [3.63, 3.8) is 0 Å². The summed E-state index contributed by atoms with van der Waals surface area (Å²) in [6.07, 6.45) is 7.86. The maximum Gasteiger partial charge on any atom is 0.341 e. The van der Waals surface area contributed by atoms with Gasteiger partial charge in [0.25, 0.3) is 0 Å². The second kappa shape index (κ2) is 6.04. The molecule has 3 heteroatoms. The van der Waals surface area contributed by atoms with E-state index >= 15 is 0 Å². The molecule has 0 heterocycles. The lowest BCUT2D eigenvalue weighted by Gasteiger charge is -2.33. The molecule has 20 heavy (non-hydrogen) atoms. The van der Waals surface area contributed by atoms with Crippen molar-refractivity contribution in [2.24, 2.45) is 0 Å². The van der Waals surface area contributed by atoms with E-state index in [1.807, 2.05) is 0 Å². The van der Waals surface area contributed by atoms with E-state index in [1.165, 1.54) is 18.2 Å². The molecule has 1 aromatic carbocycles. The fraction of sp³-hybridized carbons (Fsp3) is 0.353. The Labute approximate surface area is 119 Å². The van der Waals surface area contributed by atoms with Crippen LogP contribution in [-0.4, -0.2) is 11.6 Å². The van der Waals surface area contributed by atoms with E-state index in [1.54, 1.807) is 12.1 Å². The van der Waals surface area contributed by atoms with E-state index in [0.29, 0.717) is 5.56 Å². The zero-order valence-corrected chi connectivity index (χ0v) is 11.5. The van der Waals surface area contributed by atoms with Crippen molar-refractivity contribution in [2.75, 3.05) is 0 Å². The largest absolute Gasteiger partial charge is 0.451 e. The fourth-order valence-corrected chi connectivity index (χ4v) is 2.56. The summed E-state index contributed by atoms with van der Waals surface area (Å²) < 4.78 is 19.4. The van der Waals surface area contributed by atoms with Crippen molar-refractivity contribution in [1.82, 2.24) is 0 Å². The van der Waals surface area contributed by atoms with E-state index in [0.717, 1.165) is 32.1 Å². The minimum absolute atomic E-state index is 0.0394. The minimum Gasteiger partial charge on any atom is -0.451 e. The van der Waals surface area contributed by atoms with Crippen LogP contribution in [0.1, 0.15) is 48.0 Å². The van der Waals surface area contributed by atoms with Crippen LogP contribution in [0.3, 0.4) is 0 Å². The lowest BCUT2D eigenvalue weighted by Crippen LogP contribution is -2.35. The van der Waals surface area contributed by atoms with E-state index in [-0.39, 0.29) is 5.56 Å². The molecule has 0 amide bonds. The highest BCUT2D eigenvalue weighted by Crippen LogP contribution is 2.33. The standard InChI is InChI=1S/C17H19FO2/c1-3-13-8-9-14(15(18)12-13)16(19)20-17(4-2)10-6-5-7-11-17/h3-4,8-9,12H,1-2,5-7,10-11H2. The van der Waals surface area contributed by atoms with Gasteiger partial charge in [-0.15, -0.1) is 0 Å². The number of ether oxygens (including phenoxy) is 1. The molecule has 0 bridgehead atoms. The topological polar surface area (TPSA) is 26.3 Å². The third-order valence-electron chi connectivity index (χ3n) is 3.82. The van der Waals surface area contributed by atoms with Gasteiger partial charge in [0.2, 0.25) is 0 Å². The summed E-state index contributed by atoms with van der Waals surface area (Å²) in [5.41, 5.74) is -0.0450. The summed E-state index contributed by atoms with van der Waals surface area (Å²) in [5, 5.41) is 0. The zero-order chi connectivity index (χ0) is 14.6. The molecule has 0 aromatic heterocycles. The molecule has 0 atom stereocenters. The van der Waals surface area contributed by atoms with Crippen LogP contribution in [0.2, 0.25) is 0 Å². The maximum atomic E-state index is 13.9. The normalized spacial score (nSPS) is 17.2. The highest BCUT2D eigenvalue weighted by atomic mass is 19.1. The molecule has 106 valence electrons. The first-order valence-electron chi connectivity index (χ1n) is 6.89. The second-order valence-corrected chi connectivity index (χ2v) is 5.16. The molecule has 0 radical (unpaired) electrons. The van der Waals surface area contributed by atoms with Crippen molar-refractivity contribution >= 4 is 12.0 Å². The number of carbonyl (C=O) groups is 1. The molecule has 0 saturated heterocycles. The lowest BCUT2D eigenvalue weighted by atomic mass is 9.84. The van der Waals surface area contributed by atoms with Crippen molar-refractivity contribution in [3.8, 4) is 0 Å². The minimum atomic E-state index is -0.640. The first-order chi connectivity index (χ1) is 9.60. The van der Waals surface area contributed by atoms with Gasteiger partial charge in [-0.3, -0.25) is 0 Å². The first kappa shape index (κ1) is 14.5. The van der Waals surface area contributed by atoms with Gasteiger partial charge < -0.3 is 4.74 Å². The molecule has 0 N–H and O–H groups in total. The molecule has 2 rings (SSSR count). The number of esters is 1. The van der Waals surface area contributed by atoms with Crippen LogP contribution in [-0.2, 0) is 4.74 Å². The van der Waals surface area contributed by atoms with E-state index in [2.05, 4.69) is 13.2 Å². The Morgan fingerprint density at radius 2 is 1.95 bits per heavy atom. The summed E-state index contributed by atoms with van der Waals surface area (Å²) in [4.78, 5) is 12.2. The van der Waals surface area contributed by atoms with Gasteiger partial charge in [-0.2, -0.15) is 0 Å². The SMILES string of the molecule is C=Cc1ccc(C(=O)OC2(C=C)CCCCC2)c(F)c1. The molecular formula is C17H19FO2. The van der Waals surface area contributed by atoms with Gasteiger partial charge in [0.05, 0.1) is 5.56 Å². The number of rotatable bonds is 4. The summed E-state index contributed by atoms with van der Waals surface area (Å²) in [6, 6.07) is 4.37. The van der Waals surface area contributed by atoms with Crippen molar-refractivity contribution in [1.29, 1.82) is 0 Å². The summed E-state index contributed by atoms with van der Waals surface area (Å²) >= 11 is 0. The molecule has 0 unspecified atom stereocenters. The number of hydrogen-bond donors (Lipinski definition) is 0. The van der Waals surface area contributed by atoms with Gasteiger partial charge in [0.15, 0.2) is 0 Å². The number of benzene rings is 1. The van der Waals surface area contributed by atoms with Gasteiger partial charge in [-0.05, 0) is 49.5 Å². The summed E-state index contributed by atoms with van der Waals surface area (Å²) in [5.74, 6) is -1.21. The van der Waals surface area contributed by atoms with E-state index in [9.17, 15) is 9.18 Å². The fourth-order valence-electron chi connectivity index (χ4n) is 2.56. The quantitative estimate of drug-likeness (QED) is 0.596. The smallest absolute Gasteiger partial charge is 0.341 e. The van der Waals surface area contributed by atoms with Crippen molar-refractivity contribution in [3.05, 3.63) is 54.4 Å². The van der Waals surface area contributed by atoms with Gasteiger partial charge in [0, 0.05) is 0 Å². The first-order valence-corrected chi connectivity index (χ1v) is 6.89. The van der Waals surface area contributed by atoms with Crippen LogP contribution < -0.4 is 0 Å². The van der Waals surface area contributed by atoms with Crippen LogP contribution in [0.5, 0.6) is 0 Å². The Balaban J connectivity index is 2.18. The summed E-state index contributed by atoms with van der Waals surface area (Å²) in [6.45, 7) is 7.34. The average molecular weight is 274 g/mol. The Morgan fingerprint density at radius 3 is 2.50 bits per heavy atom. The maximum absolute atomic E-state index is 13.9. The second-order valence-electron chi connectivity index (χ2n) is 5.16. The van der Waals surface area contributed by atoms with Crippen LogP contribution in [0.15, 0.2) is 37.4 Å². The predicted molar refractivity (Wildman–Crippen MR) is 77.9 cm³/mol. The molecule has 0 aliphatic heterocycles. The van der Waals surface area contributed by atoms with Crippen LogP contribution in [0, 0.1) is 5.82 Å². The van der Waals surface area contributed by atoms with Gasteiger partial charge in [-0.25, -0.2) is 9.18 Å². The monoisotopic (exact) mass is 274 g/mol. The van der Waals surface area contributed by atoms with E-state index in [4.69, 9.17) is 4.74 Å². The van der Waals surface area contributed by atoms with E-state index < -0.39 is 17.4 Å². The number of hydrogen-bond acceptors (Lipinski definition) is 2. The van der Waals surface area contributed by atoms with Crippen LogP contribution in [0.25, 0.3) is 6.08 Å². The highest BCUT2D eigenvalue weighted by molar-refractivity contribution is 5.90. The Kier molecular flexibility index (Phi) is 4.38. The Hall–Kier alpha value is -1.90. The zero-order valence-electron chi connectivity index (χ0n) is 11.5. The third-order valence-corrected chi connectivity index (χ3v) is 3.82. The lowest BCUT2D eigenvalue weighted by molar-refractivity contribution is -0.0117. The van der Waals surface area contributed by atoms with Crippen molar-refractivity contribution in [2.45, 2.75) is 37.7 Å². The molecular weight excluding hydrogens is 255 g/mol. The van der Waals surface area contributed by atoms with Crippen molar-refractivity contribution < 1.29 is 13.9 Å². The molecule has 1 fully saturated rings. The average Bonchev–Trinajstić information content (AvgIpc) is 2.47. The molecule has 0 spiro atoms. The van der Waals surface area contributed by atoms with Gasteiger partial charge in [0.1, 0.15) is 11.4 Å². The molecule has 2 nitrogen and oxygen atoms in total. The van der Waals surface area contributed by atoms with Gasteiger partial charge in [-0.1, -0.05) is 31.7 Å². The molecule has 1 aromatic rings. The van der Waals surface area contributed by atoms with Crippen LogP contribution >= 0.6 is 0 Å². The highest BCUT2D eigenvalue weighted by Gasteiger charge is 2.33. The van der Waals surface area contributed by atoms with Crippen LogP contribution in [0.4, 0.5) is 4.39 Å². The summed E-state index contributed by atoms with van der Waals surface area (Å²) in [7, 11) is 0. The molecule has 1 aliphatic rings. The predicted octanol–water partition coefficient (Wildman–Crippen LogP) is 4.51. The molecule has 1 aliphatic carbocycles.